The second-order valence-corrected chi connectivity index (χ2v) is 6.61. The predicted molar refractivity (Wildman–Crippen MR) is 86.4 cm³/mol. The highest BCUT2D eigenvalue weighted by Crippen LogP contribution is 2.42. The Morgan fingerprint density at radius 1 is 1.33 bits per heavy atom. The lowest BCUT2D eigenvalue weighted by molar-refractivity contribution is -0.120. The van der Waals surface area contributed by atoms with Crippen molar-refractivity contribution in [3.63, 3.8) is 0 Å². The summed E-state index contributed by atoms with van der Waals surface area (Å²) in [5.41, 5.74) is 0.473. The third-order valence-electron chi connectivity index (χ3n) is 5.24. The molecule has 6 nitrogen and oxygen atoms in total. The molecule has 0 bridgehead atoms. The third kappa shape index (κ3) is 2.63. The molecule has 1 spiro atoms. The van der Waals surface area contributed by atoms with Crippen LogP contribution >= 0.6 is 0 Å². The first kappa shape index (κ1) is 15.7. The lowest BCUT2D eigenvalue weighted by Gasteiger charge is -2.50. The van der Waals surface area contributed by atoms with Crippen LogP contribution in [-0.4, -0.2) is 56.1 Å². The zero-order chi connectivity index (χ0) is 16.6. The summed E-state index contributed by atoms with van der Waals surface area (Å²) in [6.07, 6.45) is 2.05. The van der Waals surface area contributed by atoms with Gasteiger partial charge in [0.15, 0.2) is 11.5 Å². The second kappa shape index (κ2) is 6.26. The number of hydrogen-bond donors (Lipinski definition) is 0. The van der Waals surface area contributed by atoms with Gasteiger partial charge in [-0.25, -0.2) is 0 Å². The molecule has 3 aliphatic heterocycles. The molecule has 3 heterocycles. The van der Waals surface area contributed by atoms with Crippen LogP contribution in [0.5, 0.6) is 11.5 Å². The molecule has 4 rings (SSSR count). The van der Waals surface area contributed by atoms with Crippen molar-refractivity contribution in [1.82, 2.24) is 4.90 Å². The van der Waals surface area contributed by atoms with Crippen molar-refractivity contribution >= 4 is 5.91 Å². The molecule has 0 saturated carbocycles. The summed E-state index contributed by atoms with van der Waals surface area (Å²) >= 11 is 0. The normalized spacial score (nSPS) is 23.5. The zero-order valence-electron chi connectivity index (χ0n) is 14.0. The van der Waals surface area contributed by atoms with Crippen LogP contribution in [0.4, 0.5) is 0 Å². The van der Waals surface area contributed by atoms with E-state index in [1.54, 1.807) is 18.2 Å². The highest BCUT2D eigenvalue weighted by atomic mass is 16.7. The first-order chi connectivity index (χ1) is 11.7. The fraction of sp³-hybridized carbons (Fsp3) is 0.611. The van der Waals surface area contributed by atoms with Crippen LogP contribution in [0.2, 0.25) is 0 Å². The molecule has 1 aromatic rings. The van der Waals surface area contributed by atoms with E-state index in [9.17, 15) is 4.79 Å². The molecule has 24 heavy (non-hydrogen) atoms. The average Bonchev–Trinajstić information content (AvgIpc) is 3.19. The number of hydrogen-bond acceptors (Lipinski definition) is 5. The van der Waals surface area contributed by atoms with Gasteiger partial charge in [0.25, 0.3) is 5.91 Å². The van der Waals surface area contributed by atoms with E-state index in [1.165, 1.54) is 0 Å². The van der Waals surface area contributed by atoms with Crippen molar-refractivity contribution < 1.29 is 23.7 Å². The highest BCUT2D eigenvalue weighted by molar-refractivity contribution is 5.95. The van der Waals surface area contributed by atoms with Crippen LogP contribution in [0.1, 0.15) is 30.1 Å². The number of amides is 1. The SMILES string of the molecule is CCOCC[C@H]1CCOC12CN(C(=O)c1ccc3c(c1)OCO3)C2. The Morgan fingerprint density at radius 3 is 3.00 bits per heavy atom. The fourth-order valence-electron chi connectivity index (χ4n) is 3.87. The number of carbonyl (C=O) groups excluding carboxylic acids is 1. The molecule has 130 valence electrons. The summed E-state index contributed by atoms with van der Waals surface area (Å²) in [4.78, 5) is 14.5. The fourth-order valence-corrected chi connectivity index (χ4v) is 3.87. The zero-order valence-corrected chi connectivity index (χ0v) is 14.0. The Kier molecular flexibility index (Phi) is 4.10. The molecule has 2 fully saturated rings. The number of fused-ring (bicyclic) bond motifs is 1. The van der Waals surface area contributed by atoms with E-state index in [1.807, 2.05) is 11.8 Å². The maximum atomic E-state index is 12.7. The van der Waals surface area contributed by atoms with Gasteiger partial charge in [-0.3, -0.25) is 4.79 Å². The molecule has 2 saturated heterocycles. The molecule has 1 aromatic carbocycles. The molecule has 0 N–H and O–H groups in total. The number of ether oxygens (including phenoxy) is 4. The van der Waals surface area contributed by atoms with Gasteiger partial charge in [-0.1, -0.05) is 0 Å². The number of benzene rings is 1. The first-order valence-electron chi connectivity index (χ1n) is 8.62. The molecule has 1 atom stereocenters. The van der Waals surface area contributed by atoms with Crippen molar-refractivity contribution in [2.75, 3.05) is 39.7 Å². The monoisotopic (exact) mass is 333 g/mol. The van der Waals surface area contributed by atoms with Crippen LogP contribution < -0.4 is 9.47 Å². The Labute approximate surface area is 141 Å². The lowest BCUT2D eigenvalue weighted by Crippen LogP contribution is -2.66. The number of rotatable bonds is 5. The summed E-state index contributed by atoms with van der Waals surface area (Å²) in [5, 5.41) is 0. The van der Waals surface area contributed by atoms with E-state index in [0.29, 0.717) is 36.1 Å². The minimum absolute atomic E-state index is 0.0259. The van der Waals surface area contributed by atoms with Crippen molar-refractivity contribution in [2.24, 2.45) is 5.92 Å². The molecule has 0 radical (unpaired) electrons. The molecular weight excluding hydrogens is 310 g/mol. The summed E-state index contributed by atoms with van der Waals surface area (Å²) < 4.78 is 22.1. The number of likely N-dealkylation sites (tertiary alicyclic amines) is 1. The van der Waals surface area contributed by atoms with Gasteiger partial charge in [-0.15, -0.1) is 0 Å². The number of nitrogens with zero attached hydrogens (tertiary/aromatic N) is 1. The van der Waals surface area contributed by atoms with Gasteiger partial charge in [-0.05, 0) is 43.9 Å². The van der Waals surface area contributed by atoms with Gasteiger partial charge in [0, 0.05) is 25.4 Å². The Balaban J connectivity index is 1.38. The molecule has 0 aromatic heterocycles. The largest absolute Gasteiger partial charge is 0.454 e. The van der Waals surface area contributed by atoms with E-state index in [-0.39, 0.29) is 18.3 Å². The Hall–Kier alpha value is -1.79. The lowest BCUT2D eigenvalue weighted by atomic mass is 9.79. The molecule has 0 aliphatic carbocycles. The maximum absolute atomic E-state index is 12.7. The van der Waals surface area contributed by atoms with Gasteiger partial charge >= 0.3 is 0 Å². The van der Waals surface area contributed by atoms with Gasteiger partial charge in [0.2, 0.25) is 6.79 Å². The standard InChI is InChI=1S/C18H23NO5/c1-2-21-7-5-14-6-8-24-18(14)10-19(11-18)17(20)13-3-4-15-16(9-13)23-12-22-15/h3-4,9,14H,2,5-8,10-12H2,1H3/t14-/m0/s1. The molecule has 1 amide bonds. The Bertz CT molecular complexity index is 626. The van der Waals surface area contributed by atoms with Gasteiger partial charge in [0.05, 0.1) is 13.1 Å². The summed E-state index contributed by atoms with van der Waals surface area (Å²) in [6, 6.07) is 5.35. The molecule has 3 aliphatic rings. The van der Waals surface area contributed by atoms with Crippen LogP contribution in [0.3, 0.4) is 0 Å². The van der Waals surface area contributed by atoms with E-state index in [0.717, 1.165) is 32.7 Å². The maximum Gasteiger partial charge on any atom is 0.254 e. The number of carbonyl (C=O) groups is 1. The van der Waals surface area contributed by atoms with Crippen molar-refractivity contribution in [2.45, 2.75) is 25.4 Å². The second-order valence-electron chi connectivity index (χ2n) is 6.61. The van der Waals surface area contributed by atoms with Crippen LogP contribution in [0.25, 0.3) is 0 Å². The third-order valence-corrected chi connectivity index (χ3v) is 5.24. The van der Waals surface area contributed by atoms with Crippen LogP contribution in [0, 0.1) is 5.92 Å². The average molecular weight is 333 g/mol. The summed E-state index contributed by atoms with van der Waals surface area (Å²) in [5.74, 6) is 1.84. The van der Waals surface area contributed by atoms with Crippen LogP contribution in [0.15, 0.2) is 18.2 Å². The highest BCUT2D eigenvalue weighted by Gasteiger charge is 2.54. The quantitative estimate of drug-likeness (QED) is 0.772. The minimum Gasteiger partial charge on any atom is -0.454 e. The van der Waals surface area contributed by atoms with Gasteiger partial charge in [-0.2, -0.15) is 0 Å². The summed E-state index contributed by atoms with van der Waals surface area (Å²) in [7, 11) is 0. The van der Waals surface area contributed by atoms with Crippen molar-refractivity contribution in [3.05, 3.63) is 23.8 Å². The minimum atomic E-state index is -0.164. The molecular formula is C18H23NO5. The first-order valence-corrected chi connectivity index (χ1v) is 8.62. The van der Waals surface area contributed by atoms with E-state index < -0.39 is 0 Å². The van der Waals surface area contributed by atoms with Crippen LogP contribution in [-0.2, 0) is 9.47 Å². The molecule has 6 heteroatoms. The smallest absolute Gasteiger partial charge is 0.254 e. The van der Waals surface area contributed by atoms with Crippen molar-refractivity contribution in [3.8, 4) is 11.5 Å². The summed E-state index contributed by atoms with van der Waals surface area (Å²) in [6.45, 7) is 5.85. The Morgan fingerprint density at radius 2 is 2.17 bits per heavy atom. The molecule has 0 unspecified atom stereocenters. The van der Waals surface area contributed by atoms with E-state index >= 15 is 0 Å². The van der Waals surface area contributed by atoms with Gasteiger partial charge in [0.1, 0.15) is 5.60 Å². The van der Waals surface area contributed by atoms with Crippen molar-refractivity contribution in [1.29, 1.82) is 0 Å². The van der Waals surface area contributed by atoms with E-state index in [4.69, 9.17) is 18.9 Å². The van der Waals surface area contributed by atoms with E-state index in [2.05, 4.69) is 0 Å². The van der Waals surface area contributed by atoms with Gasteiger partial charge < -0.3 is 23.8 Å². The topological polar surface area (TPSA) is 57.2 Å². The predicted octanol–water partition coefficient (Wildman–Crippen LogP) is 2.07.